The number of allylic oxidation sites excluding steroid dienone is 1. The van der Waals surface area contributed by atoms with Crippen molar-refractivity contribution in [1.29, 1.82) is 0 Å². The van der Waals surface area contributed by atoms with Gasteiger partial charge >= 0.3 is 12.4 Å². The Hall–Kier alpha value is -2.57. The van der Waals surface area contributed by atoms with Crippen molar-refractivity contribution in [3.8, 4) is 5.75 Å². The Balaban J connectivity index is 2.16. The minimum Gasteiger partial charge on any atom is -0.494 e. The third-order valence-electron chi connectivity index (χ3n) is 4.53. The fourth-order valence-electron chi connectivity index (χ4n) is 2.91. The van der Waals surface area contributed by atoms with Crippen molar-refractivity contribution >= 4 is 17.4 Å². The number of esters is 1. The highest BCUT2D eigenvalue weighted by atomic mass is 19.1. The molecule has 6 nitrogen and oxygen atoms in total. The summed E-state index contributed by atoms with van der Waals surface area (Å²) >= 11 is 0. The topological polar surface area (TPSA) is 65.1 Å². The normalized spacial score (nSPS) is 16.3. The van der Waals surface area contributed by atoms with Gasteiger partial charge in [-0.1, -0.05) is 20.8 Å². The van der Waals surface area contributed by atoms with E-state index in [4.69, 9.17) is 14.2 Å². The number of nitrogens with zero attached hydrogens (tertiary/aromatic N) is 1. The molecule has 0 saturated heterocycles. The predicted octanol–water partition coefficient (Wildman–Crippen LogP) is 4.92. The average molecular weight is 407 g/mol. The first kappa shape index (κ1) is 22.7. The molecule has 0 aliphatic carbocycles. The van der Waals surface area contributed by atoms with Crippen LogP contribution in [0, 0.1) is 11.2 Å². The summed E-state index contributed by atoms with van der Waals surface area (Å²) in [5, 5.41) is 0. The van der Waals surface area contributed by atoms with Crippen LogP contribution in [0.1, 0.15) is 59.8 Å². The van der Waals surface area contributed by atoms with Gasteiger partial charge in [0.2, 0.25) is 0 Å². The van der Waals surface area contributed by atoms with Crippen LogP contribution in [-0.2, 0) is 19.1 Å². The number of carbonyl (C=O) groups is 2. The second kappa shape index (κ2) is 9.76. The van der Waals surface area contributed by atoms with Gasteiger partial charge < -0.3 is 19.0 Å². The molecule has 7 heteroatoms. The highest BCUT2D eigenvalue weighted by Gasteiger charge is 2.33. The van der Waals surface area contributed by atoms with E-state index < -0.39 is 12.2 Å². The second-order valence-electron chi connectivity index (χ2n) is 8.35. The molecule has 0 amide bonds. The van der Waals surface area contributed by atoms with Gasteiger partial charge in [-0.3, -0.25) is 9.69 Å². The third-order valence-corrected chi connectivity index (χ3v) is 4.53. The molecule has 1 aromatic carbocycles. The minimum atomic E-state index is -1.01. The lowest BCUT2D eigenvalue weighted by molar-refractivity contribution is -0.166. The van der Waals surface area contributed by atoms with Gasteiger partial charge in [0.05, 0.1) is 18.5 Å². The lowest BCUT2D eigenvalue weighted by Gasteiger charge is -2.27. The van der Waals surface area contributed by atoms with Crippen molar-refractivity contribution in [2.24, 2.45) is 5.41 Å². The van der Waals surface area contributed by atoms with E-state index in [9.17, 15) is 14.0 Å². The molecule has 0 N–H and O–H groups in total. The monoisotopic (exact) mass is 407 g/mol. The molecule has 0 bridgehead atoms. The van der Waals surface area contributed by atoms with Crippen LogP contribution in [0.3, 0.4) is 0 Å². The highest BCUT2D eigenvalue weighted by Crippen LogP contribution is 2.34. The number of carbonyl (C=O) groups excluding carboxylic acids is 2. The van der Waals surface area contributed by atoms with Crippen molar-refractivity contribution in [2.75, 3.05) is 12.0 Å². The van der Waals surface area contributed by atoms with Gasteiger partial charge in [0, 0.05) is 18.9 Å². The van der Waals surface area contributed by atoms with E-state index in [2.05, 4.69) is 0 Å². The first-order valence-electron chi connectivity index (χ1n) is 9.77. The van der Waals surface area contributed by atoms with Crippen molar-refractivity contribution in [3.05, 3.63) is 36.0 Å². The average Bonchev–Trinajstić information content (AvgIpc) is 3.01. The molecule has 0 radical (unpaired) electrons. The summed E-state index contributed by atoms with van der Waals surface area (Å²) in [6.45, 7) is 7.68. The summed E-state index contributed by atoms with van der Waals surface area (Å²) in [7, 11) is 1.39. The Morgan fingerprint density at radius 1 is 1.24 bits per heavy atom. The van der Waals surface area contributed by atoms with Crippen LogP contribution >= 0.6 is 0 Å². The van der Waals surface area contributed by atoms with Crippen LogP contribution in [0.2, 0.25) is 0 Å². The van der Waals surface area contributed by atoms with Crippen molar-refractivity contribution in [3.63, 3.8) is 0 Å². The lowest BCUT2D eigenvalue weighted by atomic mass is 9.91. The number of hydrogen-bond donors (Lipinski definition) is 0. The molecular weight excluding hydrogens is 377 g/mol. The largest absolute Gasteiger partial charge is 0.494 e. The van der Waals surface area contributed by atoms with Crippen molar-refractivity contribution in [1.82, 2.24) is 0 Å². The lowest BCUT2D eigenvalue weighted by Crippen LogP contribution is -2.35. The van der Waals surface area contributed by atoms with Gasteiger partial charge in [0.15, 0.2) is 11.6 Å². The molecule has 0 aromatic heterocycles. The molecular formula is C22H30FNO5. The number of ketones is 1. The summed E-state index contributed by atoms with van der Waals surface area (Å²) in [6, 6.07) is 4.49. The maximum Gasteiger partial charge on any atom is 0.333 e. The molecule has 1 aliphatic heterocycles. The predicted molar refractivity (Wildman–Crippen MR) is 108 cm³/mol. The minimum absolute atomic E-state index is 0.00442. The molecule has 0 fully saturated rings. The number of hydrogen-bond acceptors (Lipinski definition) is 6. The number of rotatable bonds is 9. The number of methoxy groups -OCH3 is 1. The number of ether oxygens (including phenoxy) is 3. The SMILES string of the molecule is COc1ccc(N2C(CCCC(C)=O)=COC2OC(=O)CCC(C)(C)C)cc1F. The number of halogens is 1. The molecule has 1 aliphatic rings. The highest BCUT2D eigenvalue weighted by molar-refractivity contribution is 5.75. The van der Waals surface area contributed by atoms with Gasteiger partial charge in [-0.25, -0.2) is 4.39 Å². The second-order valence-corrected chi connectivity index (χ2v) is 8.35. The van der Waals surface area contributed by atoms with E-state index in [0.29, 0.717) is 37.1 Å². The van der Waals surface area contributed by atoms with Crippen LogP contribution in [0.4, 0.5) is 10.1 Å². The fraction of sp³-hybridized carbons (Fsp3) is 0.545. The first-order valence-corrected chi connectivity index (χ1v) is 9.77. The Kier molecular flexibility index (Phi) is 7.65. The Labute approximate surface area is 171 Å². The Morgan fingerprint density at radius 3 is 2.55 bits per heavy atom. The molecule has 160 valence electrons. The zero-order valence-corrected chi connectivity index (χ0v) is 17.8. The zero-order chi connectivity index (χ0) is 21.6. The number of benzene rings is 1. The van der Waals surface area contributed by atoms with Crippen molar-refractivity contribution in [2.45, 2.75) is 66.2 Å². The third kappa shape index (κ3) is 6.76. The van der Waals surface area contributed by atoms with Gasteiger partial charge in [-0.15, -0.1) is 0 Å². The van der Waals surface area contributed by atoms with Gasteiger partial charge in [0.25, 0.3) is 0 Å². The van der Waals surface area contributed by atoms with Crippen LogP contribution in [0.15, 0.2) is 30.2 Å². The number of Topliss-reactive ketones (excluding diaryl/α,β-unsaturated/α-hetero) is 1. The van der Waals surface area contributed by atoms with E-state index in [1.54, 1.807) is 11.0 Å². The maximum atomic E-state index is 14.3. The van der Waals surface area contributed by atoms with E-state index in [0.717, 1.165) is 0 Å². The molecule has 1 heterocycles. The molecule has 0 spiro atoms. The van der Waals surface area contributed by atoms with Gasteiger partial charge in [0.1, 0.15) is 12.0 Å². The van der Waals surface area contributed by atoms with Crippen molar-refractivity contribution < 1.29 is 28.2 Å². The zero-order valence-electron chi connectivity index (χ0n) is 17.8. The molecule has 1 unspecified atom stereocenters. The number of anilines is 1. The van der Waals surface area contributed by atoms with Crippen LogP contribution in [0.5, 0.6) is 5.75 Å². The fourth-order valence-corrected chi connectivity index (χ4v) is 2.91. The molecule has 1 aromatic rings. The summed E-state index contributed by atoms with van der Waals surface area (Å²) in [6.07, 6.45) is 3.00. The summed E-state index contributed by atoms with van der Waals surface area (Å²) in [5.74, 6) is -0.702. The van der Waals surface area contributed by atoms with E-state index in [-0.39, 0.29) is 29.3 Å². The molecule has 29 heavy (non-hydrogen) atoms. The first-order chi connectivity index (χ1) is 13.6. The van der Waals surface area contributed by atoms with E-state index in [1.807, 2.05) is 20.8 Å². The van der Waals surface area contributed by atoms with Gasteiger partial charge in [-0.2, -0.15) is 0 Å². The maximum absolute atomic E-state index is 14.3. The summed E-state index contributed by atoms with van der Waals surface area (Å²) in [4.78, 5) is 25.2. The van der Waals surface area contributed by atoms with Crippen LogP contribution < -0.4 is 9.64 Å². The van der Waals surface area contributed by atoms with E-state index in [1.165, 1.54) is 32.4 Å². The van der Waals surface area contributed by atoms with Crippen LogP contribution in [0.25, 0.3) is 0 Å². The Morgan fingerprint density at radius 2 is 1.97 bits per heavy atom. The summed E-state index contributed by atoms with van der Waals surface area (Å²) < 4.78 is 30.3. The van der Waals surface area contributed by atoms with Crippen LogP contribution in [-0.4, -0.2) is 25.3 Å². The Bertz CT molecular complexity index is 769. The van der Waals surface area contributed by atoms with E-state index >= 15 is 0 Å². The molecule has 0 saturated carbocycles. The van der Waals surface area contributed by atoms with Gasteiger partial charge in [-0.05, 0) is 43.7 Å². The standard InChI is InChI=1S/C22H30FNO5/c1-15(25)7-6-8-17-14-28-21(29-20(26)11-12-22(2,3)4)24(17)16-9-10-19(27-5)18(23)13-16/h9-10,13-14,21H,6-8,11-12H2,1-5H3. The molecule has 2 rings (SSSR count). The molecule has 1 atom stereocenters. The smallest absolute Gasteiger partial charge is 0.333 e. The summed E-state index contributed by atoms with van der Waals surface area (Å²) in [5.41, 5.74) is 1.19. The quantitative estimate of drug-likeness (QED) is 0.541.